The normalized spacial score (nSPS) is 18.0. The molecule has 2 heterocycles. The van der Waals surface area contributed by atoms with Gasteiger partial charge in [0.2, 0.25) is 5.91 Å². The Balaban J connectivity index is 1.59. The molecular formula is C21H28N2O5S. The van der Waals surface area contributed by atoms with Gasteiger partial charge in [-0.2, -0.15) is 0 Å². The van der Waals surface area contributed by atoms with Crippen molar-refractivity contribution in [3.05, 3.63) is 46.8 Å². The summed E-state index contributed by atoms with van der Waals surface area (Å²) in [4.78, 5) is 14.6. The Morgan fingerprint density at radius 1 is 1.28 bits per heavy atom. The number of nitrogens with zero attached hydrogens (tertiary/aromatic N) is 2. The maximum absolute atomic E-state index is 12.8. The first-order valence-electron chi connectivity index (χ1n) is 9.92. The number of benzene rings is 1. The summed E-state index contributed by atoms with van der Waals surface area (Å²) in [6, 6.07) is 7.22. The minimum absolute atomic E-state index is 0.0293. The second-order valence-electron chi connectivity index (χ2n) is 7.56. The van der Waals surface area contributed by atoms with Crippen LogP contribution in [-0.4, -0.2) is 48.5 Å². The van der Waals surface area contributed by atoms with Gasteiger partial charge in [-0.3, -0.25) is 4.79 Å². The maximum Gasteiger partial charge on any atom is 0.227 e. The van der Waals surface area contributed by atoms with Crippen molar-refractivity contribution in [2.75, 3.05) is 18.1 Å². The summed E-state index contributed by atoms with van der Waals surface area (Å²) in [5.74, 6) is 1.66. The average molecular weight is 421 g/mol. The van der Waals surface area contributed by atoms with Gasteiger partial charge in [0.25, 0.3) is 0 Å². The molecule has 1 aliphatic heterocycles. The van der Waals surface area contributed by atoms with E-state index in [1.54, 1.807) is 4.90 Å². The molecule has 158 valence electrons. The summed E-state index contributed by atoms with van der Waals surface area (Å²) in [5, 5.41) is 3.91. The standard InChI is InChI=1S/C21H28N2O5S/c1-4-10-23(18-9-11-29(25,26)14-18)21(24)12-17-5-7-19(8-6-17)27-13-20-15(2)22-28-16(20)3/h5-8,18H,4,9-14H2,1-3H3/t18-/m1/s1. The van der Waals surface area contributed by atoms with Crippen LogP contribution in [0.2, 0.25) is 0 Å². The Labute approximate surface area is 171 Å². The number of carbonyl (C=O) groups excluding carboxylic acids is 1. The lowest BCUT2D eigenvalue weighted by Gasteiger charge is -2.28. The van der Waals surface area contributed by atoms with Gasteiger partial charge in [0.1, 0.15) is 18.1 Å². The Kier molecular flexibility index (Phi) is 6.62. The zero-order valence-corrected chi connectivity index (χ0v) is 18.0. The molecule has 1 fully saturated rings. The van der Waals surface area contributed by atoms with Crippen LogP contribution in [-0.2, 0) is 27.7 Å². The molecule has 0 unspecified atom stereocenters. The molecule has 1 aromatic carbocycles. The third-order valence-electron chi connectivity index (χ3n) is 5.28. The molecule has 3 rings (SSSR count). The summed E-state index contributed by atoms with van der Waals surface area (Å²) < 4.78 is 34.5. The van der Waals surface area contributed by atoms with E-state index in [0.717, 1.165) is 29.0 Å². The molecule has 0 saturated carbocycles. The fourth-order valence-electron chi connectivity index (χ4n) is 3.62. The van der Waals surface area contributed by atoms with Crippen molar-refractivity contribution < 1.29 is 22.5 Å². The predicted octanol–water partition coefficient (Wildman–Crippen LogP) is 2.84. The van der Waals surface area contributed by atoms with Gasteiger partial charge in [0, 0.05) is 12.6 Å². The van der Waals surface area contributed by atoms with Gasteiger partial charge >= 0.3 is 0 Å². The topological polar surface area (TPSA) is 89.7 Å². The highest BCUT2D eigenvalue weighted by Crippen LogP contribution is 2.21. The molecule has 29 heavy (non-hydrogen) atoms. The van der Waals surface area contributed by atoms with Crippen LogP contribution in [0.1, 0.15) is 42.3 Å². The Morgan fingerprint density at radius 3 is 2.55 bits per heavy atom. The van der Waals surface area contributed by atoms with E-state index in [2.05, 4.69) is 5.16 Å². The van der Waals surface area contributed by atoms with Gasteiger partial charge in [-0.25, -0.2) is 8.42 Å². The second-order valence-corrected chi connectivity index (χ2v) is 9.78. The number of aromatic nitrogens is 1. The second kappa shape index (κ2) is 8.98. The molecule has 0 spiro atoms. The van der Waals surface area contributed by atoms with Crippen molar-refractivity contribution in [3.8, 4) is 5.75 Å². The quantitative estimate of drug-likeness (QED) is 0.652. The van der Waals surface area contributed by atoms with E-state index in [-0.39, 0.29) is 29.9 Å². The molecule has 0 radical (unpaired) electrons. The van der Waals surface area contributed by atoms with Crippen molar-refractivity contribution in [3.63, 3.8) is 0 Å². The van der Waals surface area contributed by atoms with Crippen molar-refractivity contribution in [2.24, 2.45) is 0 Å². The van der Waals surface area contributed by atoms with Crippen molar-refractivity contribution in [1.82, 2.24) is 10.1 Å². The predicted molar refractivity (Wildman–Crippen MR) is 110 cm³/mol. The third kappa shape index (κ3) is 5.38. The number of ether oxygens (including phenoxy) is 1. The number of carbonyl (C=O) groups is 1. The molecular weight excluding hydrogens is 392 g/mol. The minimum atomic E-state index is -3.02. The van der Waals surface area contributed by atoms with Crippen LogP contribution in [0.5, 0.6) is 5.75 Å². The average Bonchev–Trinajstić information content (AvgIpc) is 3.20. The highest BCUT2D eigenvalue weighted by Gasteiger charge is 2.34. The Morgan fingerprint density at radius 2 is 2.00 bits per heavy atom. The monoisotopic (exact) mass is 420 g/mol. The Bertz CT molecular complexity index is 930. The van der Waals surface area contributed by atoms with E-state index in [9.17, 15) is 13.2 Å². The molecule has 1 atom stereocenters. The van der Waals surface area contributed by atoms with Crippen molar-refractivity contribution in [2.45, 2.75) is 52.7 Å². The van der Waals surface area contributed by atoms with Crippen molar-refractivity contribution >= 4 is 15.7 Å². The van der Waals surface area contributed by atoms with Crippen LogP contribution < -0.4 is 4.74 Å². The van der Waals surface area contributed by atoms with Gasteiger partial charge in [0.15, 0.2) is 9.84 Å². The summed E-state index contributed by atoms with van der Waals surface area (Å²) >= 11 is 0. The highest BCUT2D eigenvalue weighted by molar-refractivity contribution is 7.91. The van der Waals surface area contributed by atoms with Gasteiger partial charge in [0.05, 0.1) is 29.2 Å². The minimum Gasteiger partial charge on any atom is -0.489 e. The van der Waals surface area contributed by atoms with E-state index in [0.29, 0.717) is 25.3 Å². The number of rotatable bonds is 8. The lowest BCUT2D eigenvalue weighted by Crippen LogP contribution is -2.42. The number of aryl methyl sites for hydroxylation is 2. The lowest BCUT2D eigenvalue weighted by atomic mass is 10.1. The lowest BCUT2D eigenvalue weighted by molar-refractivity contribution is -0.132. The molecule has 0 aliphatic carbocycles. The molecule has 2 aromatic rings. The molecule has 1 amide bonds. The smallest absolute Gasteiger partial charge is 0.227 e. The first-order chi connectivity index (χ1) is 13.8. The van der Waals surface area contributed by atoms with Crippen LogP contribution in [0.15, 0.2) is 28.8 Å². The molecule has 7 nitrogen and oxygen atoms in total. The van der Waals surface area contributed by atoms with Gasteiger partial charge < -0.3 is 14.2 Å². The summed E-state index contributed by atoms with van der Waals surface area (Å²) in [6.45, 7) is 6.68. The molecule has 0 N–H and O–H groups in total. The highest BCUT2D eigenvalue weighted by atomic mass is 32.2. The van der Waals surface area contributed by atoms with Crippen molar-refractivity contribution in [1.29, 1.82) is 0 Å². The fraction of sp³-hybridized carbons (Fsp3) is 0.524. The first kappa shape index (κ1) is 21.4. The first-order valence-corrected chi connectivity index (χ1v) is 11.7. The number of hydrogen-bond donors (Lipinski definition) is 0. The number of sulfone groups is 1. The SMILES string of the molecule is CCCN(C(=O)Cc1ccc(OCc2c(C)noc2C)cc1)[C@@H]1CCS(=O)(=O)C1. The molecule has 1 saturated heterocycles. The van der Waals surface area contributed by atoms with Gasteiger partial charge in [-0.05, 0) is 44.4 Å². The molecule has 1 aromatic heterocycles. The van der Waals surface area contributed by atoms with E-state index in [1.807, 2.05) is 45.0 Å². The van der Waals surface area contributed by atoms with Crippen LogP contribution in [0, 0.1) is 13.8 Å². The summed E-state index contributed by atoms with van der Waals surface area (Å²) in [7, 11) is -3.02. The zero-order chi connectivity index (χ0) is 21.0. The van der Waals surface area contributed by atoms with E-state index in [4.69, 9.17) is 9.26 Å². The molecule has 0 bridgehead atoms. The Hall–Kier alpha value is -2.35. The fourth-order valence-corrected chi connectivity index (χ4v) is 5.35. The summed E-state index contributed by atoms with van der Waals surface area (Å²) in [5.41, 5.74) is 2.63. The summed E-state index contributed by atoms with van der Waals surface area (Å²) in [6.07, 6.45) is 1.58. The number of hydrogen-bond acceptors (Lipinski definition) is 6. The van der Waals surface area contributed by atoms with E-state index < -0.39 is 9.84 Å². The van der Waals surface area contributed by atoms with Gasteiger partial charge in [-0.1, -0.05) is 24.2 Å². The van der Waals surface area contributed by atoms with Crippen LogP contribution in [0.4, 0.5) is 0 Å². The van der Waals surface area contributed by atoms with Gasteiger partial charge in [-0.15, -0.1) is 0 Å². The van der Waals surface area contributed by atoms with Crippen LogP contribution >= 0.6 is 0 Å². The largest absolute Gasteiger partial charge is 0.489 e. The molecule has 8 heteroatoms. The zero-order valence-electron chi connectivity index (χ0n) is 17.2. The maximum atomic E-state index is 12.8. The van der Waals surface area contributed by atoms with Crippen LogP contribution in [0.3, 0.4) is 0 Å². The van der Waals surface area contributed by atoms with Crippen LogP contribution in [0.25, 0.3) is 0 Å². The van der Waals surface area contributed by atoms with E-state index in [1.165, 1.54) is 0 Å². The third-order valence-corrected chi connectivity index (χ3v) is 7.03. The van der Waals surface area contributed by atoms with E-state index >= 15 is 0 Å². The number of amides is 1. The molecule has 1 aliphatic rings.